The van der Waals surface area contributed by atoms with Crippen molar-refractivity contribution >= 4 is 17.3 Å². The van der Waals surface area contributed by atoms with E-state index in [0.29, 0.717) is 13.2 Å². The molecule has 4 rings (SSSR count). The summed E-state index contributed by atoms with van der Waals surface area (Å²) < 4.78 is 12.8. The molecule has 0 amide bonds. The summed E-state index contributed by atoms with van der Waals surface area (Å²) in [7, 11) is 3.40. The summed E-state index contributed by atoms with van der Waals surface area (Å²) in [4.78, 5) is 6.86. The molecule has 0 saturated carbocycles. The SMILES string of the molecule is COCCn1cccc1[C@H]1[C@H](c2ccccn2)NC(=S)N1Cc1ccc(OC)cc1. The number of hydrogen-bond acceptors (Lipinski definition) is 4. The first-order valence-corrected chi connectivity index (χ1v) is 10.4. The van der Waals surface area contributed by atoms with E-state index < -0.39 is 0 Å². The van der Waals surface area contributed by atoms with Gasteiger partial charge in [0.15, 0.2) is 5.11 Å². The van der Waals surface area contributed by atoms with Crippen molar-refractivity contribution in [1.82, 2.24) is 19.8 Å². The molecule has 2 aromatic heterocycles. The van der Waals surface area contributed by atoms with Crippen LogP contribution in [0.15, 0.2) is 67.0 Å². The van der Waals surface area contributed by atoms with E-state index in [-0.39, 0.29) is 12.1 Å². The maximum atomic E-state index is 5.78. The molecule has 1 fully saturated rings. The molecular formula is C23H26N4O2S. The lowest BCUT2D eigenvalue weighted by Crippen LogP contribution is -2.30. The highest BCUT2D eigenvalue weighted by molar-refractivity contribution is 7.80. The van der Waals surface area contributed by atoms with E-state index >= 15 is 0 Å². The molecule has 1 aliphatic rings. The van der Waals surface area contributed by atoms with E-state index in [1.165, 1.54) is 11.3 Å². The van der Waals surface area contributed by atoms with Gasteiger partial charge in [0, 0.05) is 38.3 Å². The van der Waals surface area contributed by atoms with Crippen molar-refractivity contribution in [3.8, 4) is 5.75 Å². The van der Waals surface area contributed by atoms with E-state index in [0.717, 1.165) is 23.1 Å². The van der Waals surface area contributed by atoms with Crippen molar-refractivity contribution in [1.29, 1.82) is 0 Å². The third-order valence-electron chi connectivity index (χ3n) is 5.41. The molecule has 1 aliphatic heterocycles. The number of nitrogens with zero attached hydrogens (tertiary/aromatic N) is 3. The molecule has 1 saturated heterocycles. The van der Waals surface area contributed by atoms with Crippen molar-refractivity contribution in [2.24, 2.45) is 0 Å². The first-order chi connectivity index (χ1) is 14.7. The molecule has 1 N–H and O–H groups in total. The Morgan fingerprint density at radius 3 is 2.60 bits per heavy atom. The van der Waals surface area contributed by atoms with Gasteiger partial charge in [0.2, 0.25) is 0 Å². The van der Waals surface area contributed by atoms with Gasteiger partial charge in [-0.3, -0.25) is 4.98 Å². The molecule has 3 heterocycles. The highest BCUT2D eigenvalue weighted by atomic mass is 32.1. The molecule has 3 aromatic rings. The molecule has 6 nitrogen and oxygen atoms in total. The van der Waals surface area contributed by atoms with Gasteiger partial charge in [-0.1, -0.05) is 18.2 Å². The Kier molecular flexibility index (Phi) is 6.30. The standard InChI is InChI=1S/C23H26N4O2S/c1-28-15-14-26-13-5-7-20(26)22-21(19-6-3-4-12-24-19)25-23(30)27(22)16-17-8-10-18(29-2)11-9-17/h3-13,21-22H,14-16H2,1-2H3,(H,25,30)/t21-,22-/m0/s1. The summed E-state index contributed by atoms with van der Waals surface area (Å²) >= 11 is 5.78. The molecule has 0 radical (unpaired) electrons. The number of aromatic nitrogens is 2. The average Bonchev–Trinajstić information content (AvgIpc) is 3.37. The first-order valence-electron chi connectivity index (χ1n) is 9.96. The Labute approximate surface area is 182 Å². The van der Waals surface area contributed by atoms with Gasteiger partial charge < -0.3 is 24.3 Å². The van der Waals surface area contributed by atoms with Crippen LogP contribution >= 0.6 is 12.2 Å². The number of thiocarbonyl (C=S) groups is 1. The number of nitrogens with one attached hydrogen (secondary N) is 1. The van der Waals surface area contributed by atoms with Crippen LogP contribution in [0, 0.1) is 0 Å². The lowest BCUT2D eigenvalue weighted by molar-refractivity contribution is 0.183. The second kappa shape index (κ2) is 9.28. The van der Waals surface area contributed by atoms with Crippen molar-refractivity contribution in [3.05, 3.63) is 83.9 Å². The minimum atomic E-state index is -0.0341. The molecule has 0 aliphatic carbocycles. The van der Waals surface area contributed by atoms with Crippen LogP contribution in [0.2, 0.25) is 0 Å². The van der Waals surface area contributed by atoms with Crippen molar-refractivity contribution in [3.63, 3.8) is 0 Å². The van der Waals surface area contributed by atoms with E-state index in [4.69, 9.17) is 21.7 Å². The van der Waals surface area contributed by atoms with Crippen LogP contribution in [0.3, 0.4) is 0 Å². The van der Waals surface area contributed by atoms with Gasteiger partial charge >= 0.3 is 0 Å². The Balaban J connectivity index is 1.69. The molecule has 0 spiro atoms. The van der Waals surface area contributed by atoms with Gasteiger partial charge in [0.25, 0.3) is 0 Å². The Bertz CT molecular complexity index is 974. The number of ether oxygens (including phenoxy) is 2. The van der Waals surface area contributed by atoms with Crippen molar-refractivity contribution in [2.45, 2.75) is 25.2 Å². The van der Waals surface area contributed by atoms with Gasteiger partial charge in [-0.15, -0.1) is 0 Å². The molecule has 30 heavy (non-hydrogen) atoms. The van der Waals surface area contributed by atoms with Crippen LogP contribution < -0.4 is 10.1 Å². The lowest BCUT2D eigenvalue weighted by atomic mass is 10.0. The van der Waals surface area contributed by atoms with Gasteiger partial charge in [0.1, 0.15) is 5.75 Å². The van der Waals surface area contributed by atoms with Crippen LogP contribution in [-0.2, 0) is 17.8 Å². The summed E-state index contributed by atoms with van der Waals surface area (Å²) in [6.45, 7) is 2.13. The topological polar surface area (TPSA) is 51.5 Å². The lowest BCUT2D eigenvalue weighted by Gasteiger charge is -2.29. The Morgan fingerprint density at radius 1 is 1.07 bits per heavy atom. The van der Waals surface area contributed by atoms with Crippen molar-refractivity contribution in [2.75, 3.05) is 20.8 Å². The third kappa shape index (κ3) is 4.17. The minimum Gasteiger partial charge on any atom is -0.497 e. The van der Waals surface area contributed by atoms with Crippen LogP contribution in [0.5, 0.6) is 5.75 Å². The normalized spacial score (nSPS) is 18.5. The molecule has 1 aromatic carbocycles. The summed E-state index contributed by atoms with van der Waals surface area (Å²) in [5.41, 5.74) is 3.33. The van der Waals surface area contributed by atoms with Crippen LogP contribution in [0.25, 0.3) is 0 Å². The highest BCUT2D eigenvalue weighted by Crippen LogP contribution is 2.39. The predicted octanol–water partition coefficient (Wildman–Crippen LogP) is 3.71. The van der Waals surface area contributed by atoms with Gasteiger partial charge in [0.05, 0.1) is 31.5 Å². The minimum absolute atomic E-state index is 0.0151. The fraction of sp³-hybridized carbons (Fsp3) is 0.304. The fourth-order valence-corrected chi connectivity index (χ4v) is 4.22. The molecule has 7 heteroatoms. The van der Waals surface area contributed by atoms with Crippen LogP contribution in [0.4, 0.5) is 0 Å². The van der Waals surface area contributed by atoms with Crippen LogP contribution in [0.1, 0.15) is 29.0 Å². The number of benzene rings is 1. The zero-order chi connectivity index (χ0) is 20.9. The van der Waals surface area contributed by atoms with Crippen molar-refractivity contribution < 1.29 is 9.47 Å². The molecule has 156 valence electrons. The van der Waals surface area contributed by atoms with Gasteiger partial charge in [-0.2, -0.15) is 0 Å². The summed E-state index contributed by atoms with van der Waals surface area (Å²) in [6.07, 6.45) is 3.92. The third-order valence-corrected chi connectivity index (χ3v) is 5.77. The maximum absolute atomic E-state index is 5.78. The monoisotopic (exact) mass is 422 g/mol. The number of methoxy groups -OCH3 is 2. The second-order valence-corrected chi connectivity index (χ2v) is 7.61. The van der Waals surface area contributed by atoms with E-state index in [9.17, 15) is 0 Å². The Morgan fingerprint density at radius 2 is 1.90 bits per heavy atom. The second-order valence-electron chi connectivity index (χ2n) is 7.22. The first kappa shape index (κ1) is 20.4. The predicted molar refractivity (Wildman–Crippen MR) is 120 cm³/mol. The number of pyridine rings is 1. The molecule has 2 atom stereocenters. The summed E-state index contributed by atoms with van der Waals surface area (Å²) in [5, 5.41) is 4.24. The van der Waals surface area contributed by atoms with E-state index in [2.05, 4.69) is 50.2 Å². The van der Waals surface area contributed by atoms with Gasteiger partial charge in [-0.05, 0) is 54.2 Å². The average molecular weight is 423 g/mol. The van der Waals surface area contributed by atoms with Gasteiger partial charge in [-0.25, -0.2) is 0 Å². The largest absolute Gasteiger partial charge is 0.497 e. The van der Waals surface area contributed by atoms with E-state index in [1.54, 1.807) is 14.2 Å². The number of hydrogen-bond donors (Lipinski definition) is 1. The quantitative estimate of drug-likeness (QED) is 0.559. The zero-order valence-electron chi connectivity index (χ0n) is 17.2. The zero-order valence-corrected chi connectivity index (χ0v) is 18.0. The molecular weight excluding hydrogens is 396 g/mol. The summed E-state index contributed by atoms with van der Waals surface area (Å²) in [5.74, 6) is 0.845. The Hall–Kier alpha value is -2.90. The fourth-order valence-electron chi connectivity index (χ4n) is 3.91. The maximum Gasteiger partial charge on any atom is 0.170 e. The van der Waals surface area contributed by atoms with E-state index in [1.807, 2.05) is 36.5 Å². The summed E-state index contributed by atoms with van der Waals surface area (Å²) in [6, 6.07) is 18.3. The molecule has 0 unspecified atom stereocenters. The highest BCUT2D eigenvalue weighted by Gasteiger charge is 2.41. The van der Waals surface area contributed by atoms with Crippen LogP contribution in [-0.4, -0.2) is 40.4 Å². The molecule has 0 bridgehead atoms. The number of rotatable bonds is 8. The smallest absolute Gasteiger partial charge is 0.170 e.